The Kier molecular flexibility index (Phi) is 4.14. The fourth-order valence-electron chi connectivity index (χ4n) is 4.66. The number of aromatic nitrogens is 3. The summed E-state index contributed by atoms with van der Waals surface area (Å²) < 4.78 is 7.93. The van der Waals surface area contributed by atoms with Crippen molar-refractivity contribution in [1.29, 1.82) is 0 Å². The Hall–Kier alpha value is -2.37. The van der Waals surface area contributed by atoms with Crippen molar-refractivity contribution < 1.29 is 9.53 Å². The molecule has 0 N–H and O–H groups in total. The van der Waals surface area contributed by atoms with Gasteiger partial charge in [0.25, 0.3) is 5.91 Å². The second-order valence-electron chi connectivity index (χ2n) is 8.43. The van der Waals surface area contributed by atoms with Crippen molar-refractivity contribution in [3.05, 3.63) is 42.5 Å². The zero-order chi connectivity index (χ0) is 18.3. The molecule has 5 rings (SSSR count). The minimum absolute atomic E-state index is 0.0703. The van der Waals surface area contributed by atoms with Crippen molar-refractivity contribution >= 4 is 5.91 Å². The number of likely N-dealkylation sites (tertiary alicyclic amines) is 1. The van der Waals surface area contributed by atoms with Gasteiger partial charge >= 0.3 is 0 Å². The quantitative estimate of drug-likeness (QED) is 0.789. The Labute approximate surface area is 159 Å². The van der Waals surface area contributed by atoms with E-state index in [1.54, 1.807) is 0 Å². The van der Waals surface area contributed by atoms with E-state index in [1.807, 2.05) is 41.6 Å². The van der Waals surface area contributed by atoms with Gasteiger partial charge in [-0.2, -0.15) is 0 Å². The SMILES string of the molecule is O=C(COc1ccccc1)N1CC(c2nncn2CC2CC2)C2(CCC2)C1. The largest absolute Gasteiger partial charge is 0.484 e. The Bertz CT molecular complexity index is 811. The predicted octanol–water partition coefficient (Wildman–Crippen LogP) is 2.86. The molecule has 2 aliphatic carbocycles. The highest BCUT2D eigenvalue weighted by Gasteiger charge is 2.53. The van der Waals surface area contributed by atoms with E-state index in [0.717, 1.165) is 37.1 Å². The number of carbonyl (C=O) groups excluding carboxylic acids is 1. The first-order chi connectivity index (χ1) is 13.2. The molecule has 3 aliphatic rings. The molecule has 0 radical (unpaired) electrons. The van der Waals surface area contributed by atoms with Gasteiger partial charge < -0.3 is 14.2 Å². The molecule has 2 aromatic rings. The lowest BCUT2D eigenvalue weighted by molar-refractivity contribution is -0.133. The molecule has 142 valence electrons. The number of benzene rings is 1. The number of rotatable bonds is 6. The van der Waals surface area contributed by atoms with Gasteiger partial charge in [-0.1, -0.05) is 24.6 Å². The van der Waals surface area contributed by atoms with Crippen LogP contribution in [0.15, 0.2) is 36.7 Å². The third-order valence-electron chi connectivity index (χ3n) is 6.56. The van der Waals surface area contributed by atoms with E-state index in [9.17, 15) is 4.79 Å². The van der Waals surface area contributed by atoms with E-state index in [2.05, 4.69) is 14.8 Å². The summed E-state index contributed by atoms with van der Waals surface area (Å²) in [4.78, 5) is 14.8. The lowest BCUT2D eigenvalue weighted by Crippen LogP contribution is -2.39. The van der Waals surface area contributed by atoms with Crippen LogP contribution < -0.4 is 4.74 Å². The maximum absolute atomic E-state index is 12.8. The molecule has 27 heavy (non-hydrogen) atoms. The number of hydrogen-bond acceptors (Lipinski definition) is 4. The number of carbonyl (C=O) groups is 1. The summed E-state index contributed by atoms with van der Waals surface area (Å²) >= 11 is 0. The average Bonchev–Trinajstić information content (AvgIpc) is 3.19. The van der Waals surface area contributed by atoms with Crippen LogP contribution in [-0.2, 0) is 11.3 Å². The summed E-state index contributed by atoms with van der Waals surface area (Å²) in [7, 11) is 0. The lowest BCUT2D eigenvalue weighted by Gasteiger charge is -2.42. The molecule has 1 atom stereocenters. The second kappa shape index (κ2) is 6.66. The predicted molar refractivity (Wildman–Crippen MR) is 100 cm³/mol. The molecule has 1 saturated heterocycles. The third kappa shape index (κ3) is 3.22. The highest BCUT2D eigenvalue weighted by Crippen LogP contribution is 2.55. The van der Waals surface area contributed by atoms with Crippen LogP contribution in [0, 0.1) is 11.3 Å². The average molecular weight is 366 g/mol. The summed E-state index contributed by atoms with van der Waals surface area (Å²) in [5.41, 5.74) is 0.191. The van der Waals surface area contributed by atoms with E-state index < -0.39 is 0 Å². The summed E-state index contributed by atoms with van der Waals surface area (Å²) in [5.74, 6) is 2.98. The minimum atomic E-state index is 0.0703. The van der Waals surface area contributed by atoms with Crippen molar-refractivity contribution in [3.63, 3.8) is 0 Å². The van der Waals surface area contributed by atoms with Gasteiger partial charge in [0.15, 0.2) is 6.61 Å². The van der Waals surface area contributed by atoms with Gasteiger partial charge in [-0.15, -0.1) is 10.2 Å². The smallest absolute Gasteiger partial charge is 0.260 e. The van der Waals surface area contributed by atoms with Crippen LogP contribution in [-0.4, -0.2) is 45.3 Å². The Morgan fingerprint density at radius 2 is 2.04 bits per heavy atom. The third-order valence-corrected chi connectivity index (χ3v) is 6.56. The van der Waals surface area contributed by atoms with Crippen LogP contribution in [0.1, 0.15) is 43.8 Å². The molecule has 3 fully saturated rings. The molecule has 1 aromatic carbocycles. The van der Waals surface area contributed by atoms with Crippen LogP contribution in [0.4, 0.5) is 0 Å². The molecule has 1 amide bonds. The molecule has 1 spiro atoms. The topological polar surface area (TPSA) is 60.2 Å². The summed E-state index contributed by atoms with van der Waals surface area (Å²) in [6.45, 7) is 2.69. The number of ether oxygens (including phenoxy) is 1. The van der Waals surface area contributed by atoms with E-state index in [-0.39, 0.29) is 17.9 Å². The van der Waals surface area contributed by atoms with Gasteiger partial charge in [0.05, 0.1) is 0 Å². The number of para-hydroxylation sites is 1. The van der Waals surface area contributed by atoms with E-state index in [0.29, 0.717) is 5.92 Å². The van der Waals surface area contributed by atoms with Crippen LogP contribution in [0.2, 0.25) is 0 Å². The molecule has 1 aromatic heterocycles. The summed E-state index contributed by atoms with van der Waals surface area (Å²) in [5, 5.41) is 8.69. The van der Waals surface area contributed by atoms with Crippen molar-refractivity contribution in [2.24, 2.45) is 11.3 Å². The van der Waals surface area contributed by atoms with Crippen molar-refractivity contribution in [1.82, 2.24) is 19.7 Å². The van der Waals surface area contributed by atoms with E-state index in [1.165, 1.54) is 32.1 Å². The first-order valence-corrected chi connectivity index (χ1v) is 10.1. The minimum Gasteiger partial charge on any atom is -0.484 e. The fourth-order valence-corrected chi connectivity index (χ4v) is 4.66. The molecular formula is C21H26N4O2. The number of nitrogens with zero attached hydrogens (tertiary/aromatic N) is 4. The maximum Gasteiger partial charge on any atom is 0.260 e. The Morgan fingerprint density at radius 1 is 1.22 bits per heavy atom. The van der Waals surface area contributed by atoms with Crippen LogP contribution in [0.5, 0.6) is 5.75 Å². The second-order valence-corrected chi connectivity index (χ2v) is 8.43. The van der Waals surface area contributed by atoms with E-state index >= 15 is 0 Å². The molecule has 2 heterocycles. The standard InChI is InChI=1S/C21H26N4O2/c26-19(13-27-17-5-2-1-3-6-17)24-12-18(21(14-24)9-4-10-21)20-23-22-15-25(20)11-16-7-8-16/h1-3,5-6,15-16,18H,4,7-14H2. The zero-order valence-corrected chi connectivity index (χ0v) is 15.6. The highest BCUT2D eigenvalue weighted by molar-refractivity contribution is 5.78. The van der Waals surface area contributed by atoms with Crippen molar-refractivity contribution in [2.75, 3.05) is 19.7 Å². The van der Waals surface area contributed by atoms with Crippen LogP contribution in [0.3, 0.4) is 0 Å². The summed E-state index contributed by atoms with van der Waals surface area (Å²) in [6, 6.07) is 9.54. The molecule has 2 saturated carbocycles. The van der Waals surface area contributed by atoms with Gasteiger partial charge in [0, 0.05) is 25.6 Å². The molecule has 0 bridgehead atoms. The Morgan fingerprint density at radius 3 is 2.74 bits per heavy atom. The molecule has 6 heteroatoms. The van der Waals surface area contributed by atoms with Crippen LogP contribution >= 0.6 is 0 Å². The van der Waals surface area contributed by atoms with Gasteiger partial charge in [0.2, 0.25) is 0 Å². The first-order valence-electron chi connectivity index (χ1n) is 10.1. The maximum atomic E-state index is 12.8. The number of hydrogen-bond donors (Lipinski definition) is 0. The summed E-state index contributed by atoms with van der Waals surface area (Å²) in [6.07, 6.45) is 8.11. The first kappa shape index (κ1) is 16.8. The highest BCUT2D eigenvalue weighted by atomic mass is 16.5. The zero-order valence-electron chi connectivity index (χ0n) is 15.6. The van der Waals surface area contributed by atoms with E-state index in [4.69, 9.17) is 4.74 Å². The fraction of sp³-hybridized carbons (Fsp3) is 0.571. The van der Waals surface area contributed by atoms with Gasteiger partial charge in [-0.05, 0) is 49.1 Å². The van der Waals surface area contributed by atoms with Gasteiger partial charge in [0.1, 0.15) is 17.9 Å². The van der Waals surface area contributed by atoms with Gasteiger partial charge in [-0.25, -0.2) is 0 Å². The number of amides is 1. The van der Waals surface area contributed by atoms with Crippen LogP contribution in [0.25, 0.3) is 0 Å². The van der Waals surface area contributed by atoms with Gasteiger partial charge in [-0.3, -0.25) is 4.79 Å². The Balaban J connectivity index is 1.29. The normalized spacial score (nSPS) is 23.4. The lowest BCUT2D eigenvalue weighted by atomic mass is 9.62. The monoisotopic (exact) mass is 366 g/mol. The molecular weight excluding hydrogens is 340 g/mol. The molecule has 1 unspecified atom stereocenters. The van der Waals surface area contributed by atoms with Crippen molar-refractivity contribution in [2.45, 2.75) is 44.6 Å². The molecule has 6 nitrogen and oxygen atoms in total. The van der Waals surface area contributed by atoms with Crippen molar-refractivity contribution in [3.8, 4) is 5.75 Å². The molecule has 1 aliphatic heterocycles.